The second-order valence-corrected chi connectivity index (χ2v) is 7.64. The second-order valence-electron chi connectivity index (χ2n) is 7.64. The number of methoxy groups -OCH3 is 1. The molecule has 1 fully saturated rings. The van der Waals surface area contributed by atoms with Gasteiger partial charge in [0, 0.05) is 28.4 Å². The number of fused-ring (bicyclic) bond motifs is 3. The SMILES string of the molecule is COC(=O)[C@H]1CCCN1C(=O)c1cc2c([nH]c3ccccc32)c(-c2ccc(F)cc2)n1. The molecule has 2 aromatic heterocycles. The van der Waals surface area contributed by atoms with Crippen molar-refractivity contribution in [1.29, 1.82) is 0 Å². The number of hydrogen-bond donors (Lipinski definition) is 1. The Labute approximate surface area is 177 Å². The quantitative estimate of drug-likeness (QED) is 0.505. The molecule has 156 valence electrons. The number of H-pyrrole nitrogens is 1. The number of para-hydroxylation sites is 1. The van der Waals surface area contributed by atoms with Crippen molar-refractivity contribution in [2.45, 2.75) is 18.9 Å². The number of benzene rings is 2. The van der Waals surface area contributed by atoms with Gasteiger partial charge in [-0.2, -0.15) is 0 Å². The summed E-state index contributed by atoms with van der Waals surface area (Å²) >= 11 is 0. The molecule has 0 bridgehead atoms. The number of amides is 1. The first kappa shape index (κ1) is 19.2. The van der Waals surface area contributed by atoms with Crippen molar-refractivity contribution in [3.63, 3.8) is 0 Å². The summed E-state index contributed by atoms with van der Waals surface area (Å²) in [6.45, 7) is 0.470. The topological polar surface area (TPSA) is 75.3 Å². The van der Waals surface area contributed by atoms with E-state index >= 15 is 0 Å². The highest BCUT2D eigenvalue weighted by Gasteiger charge is 2.36. The molecule has 6 nitrogen and oxygen atoms in total. The number of nitrogens with zero attached hydrogens (tertiary/aromatic N) is 2. The first-order valence-electron chi connectivity index (χ1n) is 10.1. The summed E-state index contributed by atoms with van der Waals surface area (Å²) in [5, 5.41) is 1.81. The number of rotatable bonds is 3. The number of esters is 1. The van der Waals surface area contributed by atoms with Crippen LogP contribution in [0.4, 0.5) is 4.39 Å². The Bertz CT molecular complexity index is 1310. The maximum atomic E-state index is 13.5. The van der Waals surface area contributed by atoms with Gasteiger partial charge in [0.25, 0.3) is 5.91 Å². The Kier molecular flexibility index (Phi) is 4.66. The van der Waals surface area contributed by atoms with Gasteiger partial charge in [0.05, 0.1) is 18.3 Å². The van der Waals surface area contributed by atoms with Crippen molar-refractivity contribution < 1.29 is 18.7 Å². The number of halogens is 1. The van der Waals surface area contributed by atoms with Crippen LogP contribution in [0.5, 0.6) is 0 Å². The van der Waals surface area contributed by atoms with Crippen LogP contribution < -0.4 is 0 Å². The Morgan fingerprint density at radius 3 is 2.68 bits per heavy atom. The van der Waals surface area contributed by atoms with Gasteiger partial charge in [-0.25, -0.2) is 14.2 Å². The average molecular weight is 417 g/mol. The van der Waals surface area contributed by atoms with Crippen molar-refractivity contribution in [3.05, 3.63) is 66.1 Å². The molecule has 0 unspecified atom stereocenters. The van der Waals surface area contributed by atoms with Crippen LogP contribution in [0.25, 0.3) is 33.1 Å². The van der Waals surface area contributed by atoms with E-state index < -0.39 is 12.0 Å². The van der Waals surface area contributed by atoms with Gasteiger partial charge >= 0.3 is 5.97 Å². The highest BCUT2D eigenvalue weighted by atomic mass is 19.1. The van der Waals surface area contributed by atoms with Gasteiger partial charge in [0.1, 0.15) is 17.6 Å². The Hall–Kier alpha value is -3.74. The van der Waals surface area contributed by atoms with Crippen LogP contribution in [0.1, 0.15) is 23.3 Å². The minimum atomic E-state index is -0.604. The third-order valence-corrected chi connectivity index (χ3v) is 5.82. The van der Waals surface area contributed by atoms with E-state index in [0.717, 1.165) is 28.2 Å². The van der Waals surface area contributed by atoms with E-state index in [1.807, 2.05) is 24.3 Å². The first-order valence-corrected chi connectivity index (χ1v) is 10.1. The van der Waals surface area contributed by atoms with E-state index in [1.54, 1.807) is 18.2 Å². The minimum absolute atomic E-state index is 0.243. The van der Waals surface area contributed by atoms with E-state index in [1.165, 1.54) is 24.1 Å². The number of aromatic amines is 1. The number of aromatic nitrogens is 2. The van der Waals surface area contributed by atoms with Gasteiger partial charge in [-0.3, -0.25) is 4.79 Å². The van der Waals surface area contributed by atoms with E-state index in [4.69, 9.17) is 4.74 Å². The fourth-order valence-electron chi connectivity index (χ4n) is 4.31. The van der Waals surface area contributed by atoms with E-state index in [2.05, 4.69) is 9.97 Å². The molecule has 1 N–H and O–H groups in total. The molecule has 0 aliphatic carbocycles. The van der Waals surface area contributed by atoms with Crippen LogP contribution in [-0.4, -0.2) is 46.4 Å². The number of pyridine rings is 1. The molecule has 0 radical (unpaired) electrons. The standard InChI is InChI=1S/C24H20FN3O3/c1-31-24(30)20-7-4-12-28(20)23(29)19-13-17-16-5-2-3-6-18(16)26-22(17)21(27-19)14-8-10-15(25)11-9-14/h2-3,5-6,8-11,13,20,26H,4,7,12H2,1H3/t20-/m1/s1. The fourth-order valence-corrected chi connectivity index (χ4v) is 4.31. The fraction of sp³-hybridized carbons (Fsp3) is 0.208. The Morgan fingerprint density at radius 2 is 1.90 bits per heavy atom. The molecule has 5 rings (SSSR count). The Balaban J connectivity index is 1.70. The third kappa shape index (κ3) is 3.22. The molecule has 0 saturated carbocycles. The van der Waals surface area contributed by atoms with Crippen LogP contribution in [0, 0.1) is 5.82 Å². The number of hydrogen-bond acceptors (Lipinski definition) is 4. The number of carbonyl (C=O) groups is 2. The molecule has 4 aromatic rings. The largest absolute Gasteiger partial charge is 0.467 e. The minimum Gasteiger partial charge on any atom is -0.467 e. The number of ether oxygens (including phenoxy) is 1. The van der Waals surface area contributed by atoms with Crippen LogP contribution in [0.3, 0.4) is 0 Å². The molecule has 1 aliphatic heterocycles. The summed E-state index contributed by atoms with van der Waals surface area (Å²) in [7, 11) is 1.33. The van der Waals surface area contributed by atoms with Gasteiger partial charge in [0.15, 0.2) is 0 Å². The molecule has 1 aliphatic rings. The predicted octanol–water partition coefficient (Wildman–Crippen LogP) is 4.30. The lowest BCUT2D eigenvalue weighted by atomic mass is 10.1. The van der Waals surface area contributed by atoms with Crippen molar-refractivity contribution in [3.8, 4) is 11.3 Å². The summed E-state index contributed by atoms with van der Waals surface area (Å²) in [4.78, 5) is 35.1. The van der Waals surface area contributed by atoms with Gasteiger partial charge in [-0.15, -0.1) is 0 Å². The molecule has 3 heterocycles. The molecular formula is C24H20FN3O3. The molecule has 0 spiro atoms. The zero-order chi connectivity index (χ0) is 21.5. The number of nitrogens with one attached hydrogen (secondary N) is 1. The van der Waals surface area contributed by atoms with E-state index in [-0.39, 0.29) is 17.4 Å². The lowest BCUT2D eigenvalue weighted by Gasteiger charge is -2.22. The molecule has 1 amide bonds. The smallest absolute Gasteiger partial charge is 0.328 e. The zero-order valence-corrected chi connectivity index (χ0v) is 16.9. The van der Waals surface area contributed by atoms with Gasteiger partial charge < -0.3 is 14.6 Å². The summed E-state index contributed by atoms with van der Waals surface area (Å²) in [5.41, 5.74) is 3.19. The molecular weight excluding hydrogens is 397 g/mol. The van der Waals surface area contributed by atoms with Crippen LogP contribution in [0.15, 0.2) is 54.6 Å². The maximum absolute atomic E-state index is 13.5. The molecule has 1 saturated heterocycles. The normalized spacial score (nSPS) is 16.2. The van der Waals surface area contributed by atoms with Crippen LogP contribution in [-0.2, 0) is 9.53 Å². The van der Waals surface area contributed by atoms with Crippen LogP contribution >= 0.6 is 0 Å². The molecule has 7 heteroatoms. The molecule has 2 aromatic carbocycles. The zero-order valence-electron chi connectivity index (χ0n) is 16.9. The monoisotopic (exact) mass is 417 g/mol. The van der Waals surface area contributed by atoms with Crippen molar-refractivity contribution >= 4 is 33.7 Å². The highest BCUT2D eigenvalue weighted by molar-refractivity contribution is 6.13. The van der Waals surface area contributed by atoms with Crippen molar-refractivity contribution in [2.75, 3.05) is 13.7 Å². The maximum Gasteiger partial charge on any atom is 0.328 e. The van der Waals surface area contributed by atoms with Crippen molar-refractivity contribution in [1.82, 2.24) is 14.9 Å². The average Bonchev–Trinajstić information content (AvgIpc) is 3.43. The van der Waals surface area contributed by atoms with Gasteiger partial charge in [0.2, 0.25) is 0 Å². The van der Waals surface area contributed by atoms with Gasteiger partial charge in [-0.05, 0) is 49.2 Å². The van der Waals surface area contributed by atoms with E-state index in [0.29, 0.717) is 24.2 Å². The van der Waals surface area contributed by atoms with Crippen LogP contribution in [0.2, 0.25) is 0 Å². The summed E-state index contributed by atoms with van der Waals surface area (Å²) in [6, 6.07) is 15.0. The summed E-state index contributed by atoms with van der Waals surface area (Å²) in [5.74, 6) is -1.08. The summed E-state index contributed by atoms with van der Waals surface area (Å²) < 4.78 is 18.4. The highest BCUT2D eigenvalue weighted by Crippen LogP contribution is 2.33. The lowest BCUT2D eigenvalue weighted by Crippen LogP contribution is -2.41. The third-order valence-electron chi connectivity index (χ3n) is 5.82. The van der Waals surface area contributed by atoms with Gasteiger partial charge in [-0.1, -0.05) is 18.2 Å². The molecule has 31 heavy (non-hydrogen) atoms. The lowest BCUT2D eigenvalue weighted by molar-refractivity contribution is -0.145. The first-order chi connectivity index (χ1) is 15.1. The van der Waals surface area contributed by atoms with E-state index in [9.17, 15) is 14.0 Å². The Morgan fingerprint density at radius 1 is 1.13 bits per heavy atom. The number of carbonyl (C=O) groups excluding carboxylic acids is 2. The molecule has 1 atom stereocenters. The number of likely N-dealkylation sites (tertiary alicyclic amines) is 1. The second kappa shape index (κ2) is 7.50. The van der Waals surface area contributed by atoms with Crippen molar-refractivity contribution in [2.24, 2.45) is 0 Å². The predicted molar refractivity (Wildman–Crippen MR) is 115 cm³/mol. The summed E-state index contributed by atoms with van der Waals surface area (Å²) in [6.07, 6.45) is 1.30.